The van der Waals surface area contributed by atoms with Crippen molar-refractivity contribution in [3.63, 3.8) is 0 Å². The van der Waals surface area contributed by atoms with Crippen LogP contribution in [-0.4, -0.2) is 13.2 Å². The van der Waals surface area contributed by atoms with Crippen LogP contribution in [0.15, 0.2) is 40.9 Å². The van der Waals surface area contributed by atoms with Crippen molar-refractivity contribution < 1.29 is 9.13 Å². The molecular formula is C16H15BrFNO. The third-order valence-electron chi connectivity index (χ3n) is 3.41. The number of nitrogens with one attached hydrogen (secondary N) is 1. The van der Waals surface area contributed by atoms with E-state index in [4.69, 9.17) is 4.74 Å². The standard InChI is InChI=1S/C16H15BrFNO/c17-13-2-3-14(18)15(10-13)19-7-5-11-1-4-16-12(9-11)6-8-20-16/h1-4,9-10,19H,5-8H2. The molecule has 1 N–H and O–H groups in total. The molecule has 0 amide bonds. The molecule has 0 unspecified atom stereocenters. The Morgan fingerprint density at radius 2 is 2.10 bits per heavy atom. The summed E-state index contributed by atoms with van der Waals surface area (Å²) in [5, 5.41) is 3.13. The summed E-state index contributed by atoms with van der Waals surface area (Å²) >= 11 is 3.35. The molecule has 0 aromatic heterocycles. The van der Waals surface area contributed by atoms with E-state index in [9.17, 15) is 4.39 Å². The fourth-order valence-corrected chi connectivity index (χ4v) is 2.73. The minimum Gasteiger partial charge on any atom is -0.493 e. The van der Waals surface area contributed by atoms with Gasteiger partial charge in [-0.1, -0.05) is 28.1 Å². The number of fused-ring (bicyclic) bond motifs is 1. The number of hydrogen-bond acceptors (Lipinski definition) is 2. The monoisotopic (exact) mass is 335 g/mol. The molecule has 1 aliphatic rings. The van der Waals surface area contributed by atoms with Crippen LogP contribution >= 0.6 is 15.9 Å². The van der Waals surface area contributed by atoms with Crippen LogP contribution in [0.2, 0.25) is 0 Å². The Bertz CT molecular complexity index is 630. The molecule has 0 spiro atoms. The van der Waals surface area contributed by atoms with Crippen LogP contribution in [0.4, 0.5) is 10.1 Å². The van der Waals surface area contributed by atoms with Crippen molar-refractivity contribution >= 4 is 21.6 Å². The predicted octanol–water partition coefficient (Wildman–Crippen LogP) is 4.18. The molecule has 0 fully saturated rings. The SMILES string of the molecule is Fc1ccc(Br)cc1NCCc1ccc2c(c1)CCO2. The van der Waals surface area contributed by atoms with Crippen molar-refractivity contribution in [3.05, 3.63) is 57.8 Å². The third kappa shape index (κ3) is 2.96. The Balaban J connectivity index is 1.61. The van der Waals surface area contributed by atoms with Gasteiger partial charge < -0.3 is 10.1 Å². The fourth-order valence-electron chi connectivity index (χ4n) is 2.37. The first kappa shape index (κ1) is 13.4. The highest BCUT2D eigenvalue weighted by atomic mass is 79.9. The Kier molecular flexibility index (Phi) is 3.92. The molecule has 3 rings (SSSR count). The minimum atomic E-state index is -0.226. The molecule has 0 saturated heterocycles. The van der Waals surface area contributed by atoms with Crippen LogP contribution < -0.4 is 10.1 Å². The smallest absolute Gasteiger partial charge is 0.146 e. The van der Waals surface area contributed by atoms with Gasteiger partial charge in [-0.2, -0.15) is 0 Å². The van der Waals surface area contributed by atoms with E-state index < -0.39 is 0 Å². The zero-order chi connectivity index (χ0) is 13.9. The summed E-state index contributed by atoms with van der Waals surface area (Å²) < 4.78 is 19.9. The number of hydrogen-bond donors (Lipinski definition) is 1. The van der Waals surface area contributed by atoms with E-state index in [2.05, 4.69) is 33.4 Å². The normalized spacial score (nSPS) is 12.9. The van der Waals surface area contributed by atoms with E-state index in [-0.39, 0.29) is 5.82 Å². The van der Waals surface area contributed by atoms with Crippen molar-refractivity contribution in [1.29, 1.82) is 0 Å². The average molecular weight is 336 g/mol. The summed E-state index contributed by atoms with van der Waals surface area (Å²) in [7, 11) is 0. The second-order valence-electron chi connectivity index (χ2n) is 4.84. The molecule has 0 saturated carbocycles. The molecule has 1 aliphatic heterocycles. The van der Waals surface area contributed by atoms with Crippen LogP contribution in [0, 0.1) is 5.82 Å². The zero-order valence-corrected chi connectivity index (χ0v) is 12.5. The van der Waals surface area contributed by atoms with Gasteiger partial charge in [0.25, 0.3) is 0 Å². The second-order valence-corrected chi connectivity index (χ2v) is 5.76. The first-order valence-electron chi connectivity index (χ1n) is 6.66. The Morgan fingerprint density at radius 1 is 1.20 bits per heavy atom. The summed E-state index contributed by atoms with van der Waals surface area (Å²) in [4.78, 5) is 0. The van der Waals surface area contributed by atoms with E-state index in [1.807, 2.05) is 6.07 Å². The fraction of sp³-hybridized carbons (Fsp3) is 0.250. The van der Waals surface area contributed by atoms with Crippen molar-refractivity contribution in [1.82, 2.24) is 0 Å². The van der Waals surface area contributed by atoms with Gasteiger partial charge in [0.1, 0.15) is 11.6 Å². The van der Waals surface area contributed by atoms with E-state index in [1.54, 1.807) is 12.1 Å². The van der Waals surface area contributed by atoms with Gasteiger partial charge in [0.15, 0.2) is 0 Å². The average Bonchev–Trinajstić information content (AvgIpc) is 2.90. The molecule has 0 atom stereocenters. The number of benzene rings is 2. The molecule has 0 bridgehead atoms. The lowest BCUT2D eigenvalue weighted by Crippen LogP contribution is -2.06. The van der Waals surface area contributed by atoms with Gasteiger partial charge in [0.2, 0.25) is 0 Å². The zero-order valence-electron chi connectivity index (χ0n) is 11.0. The van der Waals surface area contributed by atoms with E-state index in [0.717, 1.165) is 29.7 Å². The largest absolute Gasteiger partial charge is 0.493 e. The summed E-state index contributed by atoms with van der Waals surface area (Å²) in [6.45, 7) is 1.48. The molecule has 0 aliphatic carbocycles. The maximum Gasteiger partial charge on any atom is 0.146 e. The molecular weight excluding hydrogens is 321 g/mol. The Morgan fingerprint density at radius 3 is 3.00 bits per heavy atom. The van der Waals surface area contributed by atoms with Crippen LogP contribution in [-0.2, 0) is 12.8 Å². The lowest BCUT2D eigenvalue weighted by atomic mass is 10.1. The van der Waals surface area contributed by atoms with Gasteiger partial charge >= 0.3 is 0 Å². The highest BCUT2D eigenvalue weighted by molar-refractivity contribution is 9.10. The topological polar surface area (TPSA) is 21.3 Å². The Labute approximate surface area is 126 Å². The highest BCUT2D eigenvalue weighted by Crippen LogP contribution is 2.26. The summed E-state index contributed by atoms with van der Waals surface area (Å²) in [5.74, 6) is 0.773. The van der Waals surface area contributed by atoms with Crippen molar-refractivity contribution in [2.45, 2.75) is 12.8 Å². The summed E-state index contributed by atoms with van der Waals surface area (Å²) in [6, 6.07) is 11.2. The maximum atomic E-state index is 13.6. The molecule has 0 radical (unpaired) electrons. The first-order chi connectivity index (χ1) is 9.72. The predicted molar refractivity (Wildman–Crippen MR) is 81.9 cm³/mol. The van der Waals surface area contributed by atoms with Gasteiger partial charge in [-0.15, -0.1) is 0 Å². The number of anilines is 1. The van der Waals surface area contributed by atoms with E-state index >= 15 is 0 Å². The lowest BCUT2D eigenvalue weighted by molar-refractivity contribution is 0.357. The molecule has 2 aromatic rings. The Hall–Kier alpha value is -1.55. The minimum absolute atomic E-state index is 0.226. The number of halogens is 2. The number of ether oxygens (including phenoxy) is 1. The molecule has 2 nitrogen and oxygen atoms in total. The third-order valence-corrected chi connectivity index (χ3v) is 3.90. The van der Waals surface area contributed by atoms with Crippen LogP contribution in [0.1, 0.15) is 11.1 Å². The van der Waals surface area contributed by atoms with Crippen molar-refractivity contribution in [3.8, 4) is 5.75 Å². The van der Waals surface area contributed by atoms with Crippen LogP contribution in [0.25, 0.3) is 0 Å². The molecule has 20 heavy (non-hydrogen) atoms. The summed E-state index contributed by atoms with van der Waals surface area (Å²) in [5.41, 5.74) is 3.05. The van der Waals surface area contributed by atoms with Gasteiger partial charge in [0.05, 0.1) is 12.3 Å². The molecule has 104 valence electrons. The lowest BCUT2D eigenvalue weighted by Gasteiger charge is -2.09. The molecule has 4 heteroatoms. The molecule has 1 heterocycles. The van der Waals surface area contributed by atoms with E-state index in [0.29, 0.717) is 12.2 Å². The van der Waals surface area contributed by atoms with Gasteiger partial charge in [0, 0.05) is 17.4 Å². The number of rotatable bonds is 4. The quantitative estimate of drug-likeness (QED) is 0.905. The molecule has 2 aromatic carbocycles. The van der Waals surface area contributed by atoms with Crippen LogP contribution in [0.3, 0.4) is 0 Å². The first-order valence-corrected chi connectivity index (χ1v) is 7.45. The van der Waals surface area contributed by atoms with Gasteiger partial charge in [-0.3, -0.25) is 0 Å². The second kappa shape index (κ2) is 5.83. The van der Waals surface area contributed by atoms with Crippen LogP contribution in [0.5, 0.6) is 5.75 Å². The van der Waals surface area contributed by atoms with Crippen molar-refractivity contribution in [2.75, 3.05) is 18.5 Å². The van der Waals surface area contributed by atoms with E-state index in [1.165, 1.54) is 17.2 Å². The maximum absolute atomic E-state index is 13.6. The highest BCUT2D eigenvalue weighted by Gasteiger charge is 2.11. The van der Waals surface area contributed by atoms with Gasteiger partial charge in [-0.05, 0) is 41.8 Å². The van der Waals surface area contributed by atoms with Gasteiger partial charge in [-0.25, -0.2) is 4.39 Å². The van der Waals surface area contributed by atoms with Crippen molar-refractivity contribution in [2.24, 2.45) is 0 Å². The summed E-state index contributed by atoms with van der Waals surface area (Å²) in [6.07, 6.45) is 1.84.